The molecule has 2 heterocycles. The molecule has 0 spiro atoms. The van der Waals surface area contributed by atoms with E-state index in [0.29, 0.717) is 24.6 Å². The summed E-state index contributed by atoms with van der Waals surface area (Å²) in [5.74, 6) is 0.656. The fourth-order valence-electron chi connectivity index (χ4n) is 3.97. The fraction of sp³-hybridized carbons (Fsp3) is 0.400. The summed E-state index contributed by atoms with van der Waals surface area (Å²) in [5.41, 5.74) is 4.72. The molecule has 8 nitrogen and oxygen atoms in total. The number of carbonyl (C=O) groups is 1. The number of nitrogens with zero attached hydrogens (tertiary/aromatic N) is 5. The van der Waals surface area contributed by atoms with Crippen LogP contribution in [0.5, 0.6) is 0 Å². The number of Topliss-reactive ketones (excluding diaryl/α,β-unsaturated/α-hetero) is 1. The van der Waals surface area contributed by atoms with Gasteiger partial charge in [0.25, 0.3) is 0 Å². The summed E-state index contributed by atoms with van der Waals surface area (Å²) in [5, 5.41) is 4.09. The summed E-state index contributed by atoms with van der Waals surface area (Å²) in [6, 6.07) is 14.2. The molecule has 0 unspecified atom stereocenters. The molecule has 1 fully saturated rings. The number of oxime groups is 1. The second-order valence-electron chi connectivity index (χ2n) is 8.18. The SMILES string of the molecule is CCCON=C(CN1CCN(c2cccc(-n3cnc4cc(C(C)=O)ccc43)c2)CC1)OC. The number of fused-ring (bicyclic) bond motifs is 1. The number of methoxy groups -OCH3 is 1. The monoisotopic (exact) mass is 449 g/mol. The second kappa shape index (κ2) is 10.5. The smallest absolute Gasteiger partial charge is 0.239 e. The minimum Gasteiger partial charge on any atom is -0.481 e. The van der Waals surface area contributed by atoms with E-state index in [-0.39, 0.29) is 5.78 Å². The molecule has 1 aromatic heterocycles. The first-order chi connectivity index (χ1) is 16.1. The van der Waals surface area contributed by atoms with Gasteiger partial charge >= 0.3 is 0 Å². The van der Waals surface area contributed by atoms with Crippen molar-refractivity contribution in [3.63, 3.8) is 0 Å². The van der Waals surface area contributed by atoms with E-state index in [4.69, 9.17) is 9.57 Å². The number of anilines is 1. The average molecular weight is 450 g/mol. The summed E-state index contributed by atoms with van der Waals surface area (Å²) >= 11 is 0. The van der Waals surface area contributed by atoms with E-state index in [1.807, 2.05) is 24.5 Å². The number of hydrogen-bond donors (Lipinski definition) is 0. The Balaban J connectivity index is 1.44. The van der Waals surface area contributed by atoms with Crippen molar-refractivity contribution >= 4 is 28.4 Å². The number of imidazole rings is 1. The van der Waals surface area contributed by atoms with E-state index in [1.54, 1.807) is 14.0 Å². The van der Waals surface area contributed by atoms with Crippen molar-refractivity contribution in [2.75, 3.05) is 51.3 Å². The van der Waals surface area contributed by atoms with Crippen molar-refractivity contribution in [3.8, 4) is 5.69 Å². The van der Waals surface area contributed by atoms with Gasteiger partial charge in [-0.25, -0.2) is 4.98 Å². The number of carbonyl (C=O) groups excluding carboxylic acids is 1. The standard InChI is InChI=1S/C25H31N5O3/c1-4-14-33-27-25(32-3)17-28-10-12-29(13-11-28)21-6-5-7-22(16-21)30-18-26-23-15-20(19(2)31)8-9-24(23)30/h5-9,15-16,18H,4,10-14,17H2,1-3H3. The van der Waals surface area contributed by atoms with Crippen LogP contribution >= 0.6 is 0 Å². The van der Waals surface area contributed by atoms with E-state index in [1.165, 1.54) is 5.69 Å². The van der Waals surface area contributed by atoms with Crippen LogP contribution in [-0.4, -0.2) is 72.6 Å². The number of ether oxygens (including phenoxy) is 1. The minimum atomic E-state index is 0.0463. The summed E-state index contributed by atoms with van der Waals surface area (Å²) in [6.45, 7) is 8.55. The maximum atomic E-state index is 11.7. The lowest BCUT2D eigenvalue weighted by Crippen LogP contribution is -2.48. The molecule has 0 amide bonds. The zero-order chi connectivity index (χ0) is 23.2. The van der Waals surface area contributed by atoms with Crippen LogP contribution in [0.4, 0.5) is 5.69 Å². The van der Waals surface area contributed by atoms with Crippen LogP contribution in [0.25, 0.3) is 16.7 Å². The average Bonchev–Trinajstić information content (AvgIpc) is 3.27. The lowest BCUT2D eigenvalue weighted by molar-refractivity contribution is 0.101. The largest absolute Gasteiger partial charge is 0.481 e. The van der Waals surface area contributed by atoms with Crippen molar-refractivity contribution in [1.82, 2.24) is 14.5 Å². The number of benzene rings is 2. The van der Waals surface area contributed by atoms with Gasteiger partial charge in [-0.2, -0.15) is 0 Å². The summed E-state index contributed by atoms with van der Waals surface area (Å²) in [4.78, 5) is 26.2. The topological polar surface area (TPSA) is 72.2 Å². The third-order valence-electron chi connectivity index (χ3n) is 5.86. The second-order valence-corrected chi connectivity index (χ2v) is 8.18. The van der Waals surface area contributed by atoms with Crippen molar-refractivity contribution in [3.05, 3.63) is 54.4 Å². The highest BCUT2D eigenvalue weighted by atomic mass is 16.6. The normalized spacial score (nSPS) is 15.1. The molecule has 174 valence electrons. The first kappa shape index (κ1) is 22.8. The zero-order valence-electron chi connectivity index (χ0n) is 19.5. The van der Waals surface area contributed by atoms with Crippen LogP contribution in [0.1, 0.15) is 30.6 Å². The molecule has 0 N–H and O–H groups in total. The van der Waals surface area contributed by atoms with Gasteiger partial charge in [0, 0.05) is 43.1 Å². The highest BCUT2D eigenvalue weighted by Crippen LogP contribution is 2.24. The van der Waals surface area contributed by atoms with E-state index in [0.717, 1.165) is 49.3 Å². The Morgan fingerprint density at radius 2 is 1.88 bits per heavy atom. The molecule has 2 aromatic carbocycles. The number of hydrogen-bond acceptors (Lipinski definition) is 7. The summed E-state index contributed by atoms with van der Waals surface area (Å²) in [6.07, 6.45) is 2.74. The molecule has 0 atom stereocenters. The van der Waals surface area contributed by atoms with Crippen molar-refractivity contribution in [2.24, 2.45) is 5.16 Å². The van der Waals surface area contributed by atoms with Gasteiger partial charge < -0.3 is 14.5 Å². The highest BCUT2D eigenvalue weighted by Gasteiger charge is 2.20. The van der Waals surface area contributed by atoms with Gasteiger partial charge in [0.05, 0.1) is 24.7 Å². The molecule has 3 aromatic rings. The molecular weight excluding hydrogens is 418 g/mol. The maximum absolute atomic E-state index is 11.7. The van der Waals surface area contributed by atoms with Gasteiger partial charge in [0.2, 0.25) is 5.90 Å². The molecule has 33 heavy (non-hydrogen) atoms. The van der Waals surface area contributed by atoms with Crippen molar-refractivity contribution in [1.29, 1.82) is 0 Å². The van der Waals surface area contributed by atoms with Gasteiger partial charge in [0.15, 0.2) is 5.78 Å². The molecular formula is C25H31N5O3. The van der Waals surface area contributed by atoms with Gasteiger partial charge in [0.1, 0.15) is 12.9 Å². The molecule has 1 aliphatic rings. The van der Waals surface area contributed by atoms with Gasteiger partial charge in [-0.1, -0.05) is 18.1 Å². The molecule has 0 radical (unpaired) electrons. The predicted molar refractivity (Wildman–Crippen MR) is 130 cm³/mol. The molecule has 4 rings (SSSR count). The van der Waals surface area contributed by atoms with Crippen molar-refractivity contribution in [2.45, 2.75) is 20.3 Å². The fourth-order valence-corrected chi connectivity index (χ4v) is 3.97. The number of piperazine rings is 1. The van der Waals surface area contributed by atoms with E-state index < -0.39 is 0 Å². The van der Waals surface area contributed by atoms with Gasteiger partial charge in [-0.3, -0.25) is 14.3 Å². The molecule has 0 aliphatic carbocycles. The molecule has 0 bridgehead atoms. The Morgan fingerprint density at radius 1 is 1.09 bits per heavy atom. The Hall–Kier alpha value is -3.39. The molecule has 1 aliphatic heterocycles. The van der Waals surface area contributed by atoms with Crippen LogP contribution in [0, 0.1) is 0 Å². The van der Waals surface area contributed by atoms with Gasteiger partial charge in [-0.05, 0) is 49.7 Å². The summed E-state index contributed by atoms with van der Waals surface area (Å²) < 4.78 is 7.43. The lowest BCUT2D eigenvalue weighted by Gasteiger charge is -2.36. The van der Waals surface area contributed by atoms with E-state index >= 15 is 0 Å². The van der Waals surface area contributed by atoms with Crippen LogP contribution in [0.3, 0.4) is 0 Å². The van der Waals surface area contributed by atoms with E-state index in [2.05, 4.69) is 55.7 Å². The third-order valence-corrected chi connectivity index (χ3v) is 5.86. The van der Waals surface area contributed by atoms with Crippen LogP contribution in [0.2, 0.25) is 0 Å². The Kier molecular flexibility index (Phi) is 7.24. The van der Waals surface area contributed by atoms with Crippen LogP contribution in [0.15, 0.2) is 53.9 Å². The van der Waals surface area contributed by atoms with Gasteiger partial charge in [-0.15, -0.1) is 0 Å². The molecule has 0 saturated carbocycles. The number of rotatable bonds is 8. The minimum absolute atomic E-state index is 0.0463. The Morgan fingerprint density at radius 3 is 2.61 bits per heavy atom. The first-order valence-electron chi connectivity index (χ1n) is 11.4. The number of aromatic nitrogens is 2. The van der Waals surface area contributed by atoms with E-state index in [9.17, 15) is 4.79 Å². The van der Waals surface area contributed by atoms with Crippen LogP contribution in [-0.2, 0) is 9.57 Å². The molecule has 8 heteroatoms. The third kappa shape index (κ3) is 5.34. The van der Waals surface area contributed by atoms with Crippen LogP contribution < -0.4 is 4.90 Å². The Labute approximate surface area is 194 Å². The first-order valence-corrected chi connectivity index (χ1v) is 11.4. The zero-order valence-corrected chi connectivity index (χ0v) is 19.5. The highest BCUT2D eigenvalue weighted by molar-refractivity contribution is 5.97. The van der Waals surface area contributed by atoms with Crippen molar-refractivity contribution < 1.29 is 14.4 Å². The number of ketones is 1. The lowest BCUT2D eigenvalue weighted by atomic mass is 10.1. The summed E-state index contributed by atoms with van der Waals surface area (Å²) in [7, 11) is 1.64. The quantitative estimate of drug-likeness (QED) is 0.172. The predicted octanol–water partition coefficient (Wildman–Crippen LogP) is 3.74. The maximum Gasteiger partial charge on any atom is 0.239 e. The Bertz CT molecular complexity index is 1130. The molecule has 1 saturated heterocycles.